The maximum Gasteiger partial charge on any atom is 0.338 e. The predicted molar refractivity (Wildman–Crippen MR) is 87.1 cm³/mol. The molecule has 0 N–H and O–H groups in total. The van der Waals surface area contributed by atoms with Gasteiger partial charge < -0.3 is 14.4 Å². The van der Waals surface area contributed by atoms with Crippen LogP contribution in [0.15, 0.2) is 42.6 Å². The number of pyridine rings is 1. The summed E-state index contributed by atoms with van der Waals surface area (Å²) >= 11 is 0. The first-order chi connectivity index (χ1) is 12.1. The Morgan fingerprint density at radius 2 is 1.92 bits per heavy atom. The molecule has 126 valence electrons. The van der Waals surface area contributed by atoms with Crippen LogP contribution in [0.5, 0.6) is 5.88 Å². The number of likely N-dealkylation sites (tertiary alicyclic amines) is 1. The molecule has 1 saturated heterocycles. The third kappa shape index (κ3) is 3.43. The van der Waals surface area contributed by atoms with Crippen molar-refractivity contribution in [3.8, 4) is 11.9 Å². The summed E-state index contributed by atoms with van der Waals surface area (Å²) in [4.78, 5) is 30.0. The van der Waals surface area contributed by atoms with Gasteiger partial charge in [0.25, 0.3) is 5.91 Å². The number of nitriles is 1. The van der Waals surface area contributed by atoms with E-state index in [1.807, 2.05) is 6.07 Å². The number of hydrogen-bond donors (Lipinski definition) is 0. The Morgan fingerprint density at radius 1 is 1.20 bits per heavy atom. The van der Waals surface area contributed by atoms with Gasteiger partial charge in [0, 0.05) is 12.3 Å². The number of rotatable bonds is 4. The van der Waals surface area contributed by atoms with Crippen LogP contribution in [0.1, 0.15) is 26.3 Å². The summed E-state index contributed by atoms with van der Waals surface area (Å²) in [5.41, 5.74) is 1.01. The van der Waals surface area contributed by atoms with Crippen molar-refractivity contribution in [2.24, 2.45) is 0 Å². The van der Waals surface area contributed by atoms with Gasteiger partial charge in [-0.05, 0) is 18.2 Å². The van der Waals surface area contributed by atoms with E-state index < -0.39 is 5.97 Å². The van der Waals surface area contributed by atoms with Crippen LogP contribution in [0.3, 0.4) is 0 Å². The van der Waals surface area contributed by atoms with E-state index in [9.17, 15) is 9.59 Å². The van der Waals surface area contributed by atoms with Crippen molar-refractivity contribution < 1.29 is 19.1 Å². The van der Waals surface area contributed by atoms with Gasteiger partial charge in [0.05, 0.1) is 36.9 Å². The fourth-order valence-corrected chi connectivity index (χ4v) is 2.49. The standard InChI is InChI=1S/C18H15N3O4/c1-24-18(23)15-5-3-2-4-14(15)17(22)21-10-13(11-21)25-16-7-6-12(8-19)9-20-16/h2-7,9,13H,10-11H2,1H3. The first-order valence-corrected chi connectivity index (χ1v) is 7.62. The average molecular weight is 337 g/mol. The Hall–Kier alpha value is -3.40. The highest BCUT2D eigenvalue weighted by Crippen LogP contribution is 2.20. The highest BCUT2D eigenvalue weighted by molar-refractivity contribution is 6.05. The Balaban J connectivity index is 1.62. The zero-order valence-electron chi connectivity index (χ0n) is 13.5. The molecule has 1 aromatic heterocycles. The third-order valence-electron chi connectivity index (χ3n) is 3.85. The van der Waals surface area contributed by atoms with Crippen LogP contribution >= 0.6 is 0 Å². The molecule has 3 rings (SSSR count). The molecule has 1 amide bonds. The molecule has 1 aliphatic heterocycles. The fourth-order valence-electron chi connectivity index (χ4n) is 2.49. The second-order valence-corrected chi connectivity index (χ2v) is 5.48. The molecule has 1 aromatic carbocycles. The first kappa shape index (κ1) is 16.5. The highest BCUT2D eigenvalue weighted by Gasteiger charge is 2.34. The average Bonchev–Trinajstić information content (AvgIpc) is 2.63. The van der Waals surface area contributed by atoms with Gasteiger partial charge in [-0.1, -0.05) is 12.1 Å². The number of benzene rings is 1. The minimum Gasteiger partial charge on any atom is -0.471 e. The monoisotopic (exact) mass is 337 g/mol. The number of amides is 1. The molecule has 2 aromatic rings. The van der Waals surface area contributed by atoms with Crippen molar-refractivity contribution >= 4 is 11.9 Å². The molecule has 7 heteroatoms. The number of carbonyl (C=O) groups excluding carboxylic acids is 2. The SMILES string of the molecule is COC(=O)c1ccccc1C(=O)N1CC(Oc2ccc(C#N)cn2)C1. The molecular weight excluding hydrogens is 322 g/mol. The van der Waals surface area contributed by atoms with Crippen LogP contribution < -0.4 is 4.74 Å². The molecule has 1 aliphatic rings. The van der Waals surface area contributed by atoms with Crippen molar-refractivity contribution in [2.45, 2.75) is 6.10 Å². The molecule has 0 saturated carbocycles. The van der Waals surface area contributed by atoms with Crippen LogP contribution in [-0.4, -0.2) is 48.1 Å². The quantitative estimate of drug-likeness (QED) is 0.788. The van der Waals surface area contributed by atoms with Gasteiger partial charge in [0.15, 0.2) is 0 Å². The number of ether oxygens (including phenoxy) is 2. The number of methoxy groups -OCH3 is 1. The van der Waals surface area contributed by atoms with Crippen LogP contribution in [0.2, 0.25) is 0 Å². The lowest BCUT2D eigenvalue weighted by Crippen LogP contribution is -2.56. The summed E-state index contributed by atoms with van der Waals surface area (Å²) in [6, 6.07) is 11.8. The molecule has 25 heavy (non-hydrogen) atoms. The molecule has 0 atom stereocenters. The maximum atomic E-state index is 12.6. The summed E-state index contributed by atoms with van der Waals surface area (Å²) < 4.78 is 10.4. The van der Waals surface area contributed by atoms with Gasteiger partial charge in [-0.15, -0.1) is 0 Å². The molecule has 0 aliphatic carbocycles. The minimum atomic E-state index is -0.543. The lowest BCUT2D eigenvalue weighted by molar-refractivity contribution is 0.0157. The van der Waals surface area contributed by atoms with Crippen molar-refractivity contribution in [3.05, 3.63) is 59.3 Å². The topological polar surface area (TPSA) is 92.5 Å². The number of carbonyl (C=O) groups is 2. The number of hydrogen-bond acceptors (Lipinski definition) is 6. The number of esters is 1. The van der Waals surface area contributed by atoms with Crippen molar-refractivity contribution in [2.75, 3.05) is 20.2 Å². The maximum absolute atomic E-state index is 12.6. The van der Waals surface area contributed by atoms with Gasteiger partial charge in [-0.2, -0.15) is 5.26 Å². The van der Waals surface area contributed by atoms with E-state index in [1.165, 1.54) is 13.3 Å². The van der Waals surface area contributed by atoms with E-state index in [4.69, 9.17) is 14.7 Å². The summed E-state index contributed by atoms with van der Waals surface area (Å²) in [5.74, 6) is -0.376. The van der Waals surface area contributed by atoms with Crippen molar-refractivity contribution in [1.29, 1.82) is 5.26 Å². The molecule has 0 unspecified atom stereocenters. The van der Waals surface area contributed by atoms with E-state index in [1.54, 1.807) is 41.3 Å². The fraction of sp³-hybridized carbons (Fsp3) is 0.222. The third-order valence-corrected chi connectivity index (χ3v) is 3.85. The van der Waals surface area contributed by atoms with Gasteiger partial charge in [-0.3, -0.25) is 4.79 Å². The van der Waals surface area contributed by atoms with E-state index in [2.05, 4.69) is 4.98 Å². The second kappa shape index (κ2) is 7.01. The van der Waals surface area contributed by atoms with Gasteiger partial charge in [0.1, 0.15) is 12.2 Å². The first-order valence-electron chi connectivity index (χ1n) is 7.62. The van der Waals surface area contributed by atoms with E-state index in [-0.39, 0.29) is 17.6 Å². The predicted octanol–water partition coefficient (Wildman–Crippen LogP) is 1.64. The zero-order valence-corrected chi connectivity index (χ0v) is 13.5. The molecule has 2 heterocycles. The van der Waals surface area contributed by atoms with E-state index >= 15 is 0 Å². The van der Waals surface area contributed by atoms with Crippen LogP contribution in [0, 0.1) is 11.3 Å². The molecule has 0 bridgehead atoms. The molecular formula is C18H15N3O4. The van der Waals surface area contributed by atoms with Crippen molar-refractivity contribution in [3.63, 3.8) is 0 Å². The molecule has 1 fully saturated rings. The Kier molecular flexibility index (Phi) is 4.61. The zero-order chi connectivity index (χ0) is 17.8. The van der Waals surface area contributed by atoms with Crippen LogP contribution in [0.4, 0.5) is 0 Å². The van der Waals surface area contributed by atoms with Crippen LogP contribution in [0.25, 0.3) is 0 Å². The van der Waals surface area contributed by atoms with Gasteiger partial charge >= 0.3 is 5.97 Å². The Bertz CT molecular complexity index is 836. The van der Waals surface area contributed by atoms with Gasteiger partial charge in [0.2, 0.25) is 5.88 Å². The normalized spacial score (nSPS) is 13.5. The molecule has 7 nitrogen and oxygen atoms in total. The Labute approximate surface area is 144 Å². The lowest BCUT2D eigenvalue weighted by Gasteiger charge is -2.38. The van der Waals surface area contributed by atoms with Crippen LogP contribution in [-0.2, 0) is 4.74 Å². The lowest BCUT2D eigenvalue weighted by atomic mass is 10.0. The second-order valence-electron chi connectivity index (χ2n) is 5.48. The van der Waals surface area contributed by atoms with E-state index in [0.29, 0.717) is 30.1 Å². The van der Waals surface area contributed by atoms with Gasteiger partial charge in [-0.25, -0.2) is 9.78 Å². The van der Waals surface area contributed by atoms with E-state index in [0.717, 1.165) is 0 Å². The minimum absolute atomic E-state index is 0.172. The smallest absolute Gasteiger partial charge is 0.338 e. The number of aromatic nitrogens is 1. The molecule has 0 spiro atoms. The largest absolute Gasteiger partial charge is 0.471 e. The summed E-state index contributed by atoms with van der Waals surface area (Å²) in [5, 5.41) is 8.74. The summed E-state index contributed by atoms with van der Waals surface area (Å²) in [6.45, 7) is 0.798. The summed E-state index contributed by atoms with van der Waals surface area (Å²) in [6.07, 6.45) is 1.26. The van der Waals surface area contributed by atoms with Crippen molar-refractivity contribution in [1.82, 2.24) is 9.88 Å². The summed E-state index contributed by atoms with van der Waals surface area (Å²) in [7, 11) is 1.28. The Morgan fingerprint density at radius 3 is 2.52 bits per heavy atom. The highest BCUT2D eigenvalue weighted by atomic mass is 16.5. The molecule has 0 radical (unpaired) electrons. The number of nitrogens with zero attached hydrogens (tertiary/aromatic N) is 3.